The van der Waals surface area contributed by atoms with E-state index in [0.29, 0.717) is 84.3 Å². The van der Waals surface area contributed by atoms with Crippen molar-refractivity contribution in [1.29, 1.82) is 0 Å². The van der Waals surface area contributed by atoms with E-state index in [4.69, 9.17) is 42.6 Å². The SMILES string of the molecule is CC[C@H](C(=O)N1CCCC[C@H]1C(=O)O[C@H](CCc1ccc(OC)c(OC)c1)c1cccc(OCC(=O)NCCC(C)OCCNC(=O)COc2cccc3c2C(=O)N(C2CCC(=O)NC2=O)C3=O)c1)c1cc(OC)c(OC)c(OC)c1. The van der Waals surface area contributed by atoms with Gasteiger partial charge >= 0.3 is 5.97 Å². The van der Waals surface area contributed by atoms with Gasteiger partial charge in [-0.15, -0.1) is 0 Å². The molecule has 81 heavy (non-hydrogen) atoms. The number of benzene rings is 4. The molecule has 22 heteroatoms. The molecular formula is C59H71N5O17. The molecule has 3 N–H and O–H groups in total. The molecule has 0 saturated carbocycles. The third-order valence-corrected chi connectivity index (χ3v) is 14.3. The van der Waals surface area contributed by atoms with Crippen LogP contribution in [0.5, 0.6) is 40.2 Å². The van der Waals surface area contributed by atoms with E-state index in [2.05, 4.69) is 16.0 Å². The maximum absolute atomic E-state index is 14.5. The zero-order valence-corrected chi connectivity index (χ0v) is 46.8. The summed E-state index contributed by atoms with van der Waals surface area (Å²) in [6.07, 6.45) is 2.50. The molecule has 5 atom stereocenters. The molecule has 4 aromatic rings. The van der Waals surface area contributed by atoms with Crippen LogP contribution < -0.4 is 49.1 Å². The number of nitrogens with zero attached hydrogens (tertiary/aromatic N) is 2. The Hall–Kier alpha value is -8.40. The minimum absolute atomic E-state index is 0.00210. The second kappa shape index (κ2) is 28.7. The molecule has 434 valence electrons. The standard InChI is InChI=1S/C59H71N5O17/c1-8-40(38-31-48(75-5)54(77-7)49(32-38)76-6)56(69)63-27-10-9-16-43(63)59(72)81-44(21-18-36-19-22-45(73-3)47(29-36)74-4)37-13-11-14-39(30-37)79-33-51(66)60-25-24-35(2)78-28-26-61-52(67)34-80-46-17-12-15-41-53(46)58(71)64(57(41)70)42-20-23-50(65)62-55(42)68/h11-15,17,19,22,29-32,35,40,42-44H,8-10,16,18,20-21,23-28,33-34H2,1-7H3,(H,60,66)(H,61,67)(H,62,65,68)/t35?,40-,42?,43-,44+/m0/s1. The average molecular weight is 1120 g/mol. The summed E-state index contributed by atoms with van der Waals surface area (Å²) < 4.78 is 51.5. The van der Waals surface area contributed by atoms with Crippen molar-refractivity contribution < 1.29 is 81.0 Å². The number of aryl methyl sites for hydroxylation is 1. The molecule has 0 bridgehead atoms. The van der Waals surface area contributed by atoms with E-state index in [1.54, 1.807) is 49.5 Å². The van der Waals surface area contributed by atoms with E-state index in [9.17, 15) is 38.4 Å². The zero-order valence-electron chi connectivity index (χ0n) is 46.8. The van der Waals surface area contributed by atoms with Crippen molar-refractivity contribution in [1.82, 2.24) is 25.8 Å². The largest absolute Gasteiger partial charge is 0.493 e. The highest BCUT2D eigenvalue weighted by Gasteiger charge is 2.46. The lowest BCUT2D eigenvalue weighted by molar-refractivity contribution is -0.162. The third-order valence-electron chi connectivity index (χ3n) is 14.3. The molecule has 2 unspecified atom stereocenters. The first-order chi connectivity index (χ1) is 39.1. The highest BCUT2D eigenvalue weighted by molar-refractivity contribution is 6.24. The van der Waals surface area contributed by atoms with Crippen molar-refractivity contribution in [3.63, 3.8) is 0 Å². The molecule has 3 aliphatic heterocycles. The Bertz CT molecular complexity index is 2920. The normalized spacial score (nSPS) is 17.0. The van der Waals surface area contributed by atoms with Crippen LogP contribution in [0.1, 0.15) is 115 Å². The van der Waals surface area contributed by atoms with Crippen LogP contribution in [-0.4, -0.2) is 150 Å². The second-order valence-corrected chi connectivity index (χ2v) is 19.6. The second-order valence-electron chi connectivity index (χ2n) is 19.6. The molecule has 4 aromatic carbocycles. The predicted molar refractivity (Wildman–Crippen MR) is 292 cm³/mol. The molecular weight excluding hydrogens is 1050 g/mol. The van der Waals surface area contributed by atoms with Gasteiger partial charge in [0.25, 0.3) is 23.6 Å². The van der Waals surface area contributed by atoms with Crippen molar-refractivity contribution in [2.24, 2.45) is 0 Å². The summed E-state index contributed by atoms with van der Waals surface area (Å²) in [6.45, 7) is 3.88. The number of esters is 1. The van der Waals surface area contributed by atoms with Crippen LogP contribution >= 0.6 is 0 Å². The van der Waals surface area contributed by atoms with E-state index >= 15 is 0 Å². The minimum atomic E-state index is -1.14. The number of nitrogens with one attached hydrogen (secondary N) is 3. The number of hydrogen-bond donors (Lipinski definition) is 3. The Kier molecular flexibility index (Phi) is 21.3. The molecule has 3 heterocycles. The monoisotopic (exact) mass is 1120 g/mol. The predicted octanol–water partition coefficient (Wildman–Crippen LogP) is 5.41. The number of hydrogen-bond acceptors (Lipinski definition) is 17. The average Bonchev–Trinajstić information content (AvgIpc) is 3.97. The third kappa shape index (κ3) is 14.9. The van der Waals surface area contributed by atoms with Gasteiger partial charge in [0, 0.05) is 26.1 Å². The Morgan fingerprint density at radius 1 is 0.704 bits per heavy atom. The Morgan fingerprint density at radius 3 is 2.10 bits per heavy atom. The van der Waals surface area contributed by atoms with Crippen LogP contribution in [0.4, 0.5) is 0 Å². The molecule has 7 amide bonds. The molecule has 22 nitrogen and oxygen atoms in total. The Morgan fingerprint density at radius 2 is 1.41 bits per heavy atom. The number of imide groups is 2. The van der Waals surface area contributed by atoms with Crippen molar-refractivity contribution >= 4 is 47.3 Å². The molecule has 0 aliphatic carbocycles. The number of carbonyl (C=O) groups is 8. The maximum atomic E-state index is 14.5. The van der Waals surface area contributed by atoms with Crippen LogP contribution in [0.15, 0.2) is 72.8 Å². The lowest BCUT2D eigenvalue weighted by atomic mass is 9.91. The molecule has 2 fully saturated rings. The van der Waals surface area contributed by atoms with Crippen LogP contribution in [0.2, 0.25) is 0 Å². The fourth-order valence-electron chi connectivity index (χ4n) is 10.1. The summed E-state index contributed by atoms with van der Waals surface area (Å²) >= 11 is 0. The van der Waals surface area contributed by atoms with Gasteiger partial charge in [0.15, 0.2) is 36.2 Å². The van der Waals surface area contributed by atoms with Crippen molar-refractivity contribution in [3.8, 4) is 40.2 Å². The topological polar surface area (TPSA) is 262 Å². The number of likely N-dealkylation sites (tertiary alicyclic amines) is 1. The number of carbonyl (C=O) groups excluding carboxylic acids is 8. The smallest absolute Gasteiger partial charge is 0.329 e. The van der Waals surface area contributed by atoms with Gasteiger partial charge in [-0.05, 0) is 124 Å². The highest BCUT2D eigenvalue weighted by atomic mass is 16.5. The summed E-state index contributed by atoms with van der Waals surface area (Å²) in [7, 11) is 7.66. The van der Waals surface area contributed by atoms with E-state index in [1.165, 1.54) is 39.5 Å². The quantitative estimate of drug-likeness (QED) is 0.0365. The number of methoxy groups -OCH3 is 5. The van der Waals surface area contributed by atoms with E-state index < -0.39 is 66.2 Å². The van der Waals surface area contributed by atoms with Gasteiger partial charge in [0.1, 0.15) is 29.7 Å². The van der Waals surface area contributed by atoms with Crippen LogP contribution in [0, 0.1) is 0 Å². The van der Waals surface area contributed by atoms with Gasteiger partial charge in [-0.25, -0.2) is 4.79 Å². The number of ether oxygens (including phenoxy) is 9. The highest BCUT2D eigenvalue weighted by Crippen LogP contribution is 2.42. The first-order valence-corrected chi connectivity index (χ1v) is 27.0. The number of piperidine rings is 2. The van der Waals surface area contributed by atoms with Gasteiger partial charge in [-0.2, -0.15) is 0 Å². The summed E-state index contributed by atoms with van der Waals surface area (Å²) in [6, 6.07) is 18.5. The Labute approximate surface area is 470 Å². The molecule has 0 aromatic heterocycles. The minimum Gasteiger partial charge on any atom is -0.493 e. The van der Waals surface area contributed by atoms with Gasteiger partial charge in [0.05, 0.1) is 65.3 Å². The van der Waals surface area contributed by atoms with E-state index in [-0.39, 0.29) is 73.9 Å². The first kappa shape index (κ1) is 60.2. The molecule has 3 aliphatic rings. The molecule has 7 rings (SSSR count). The van der Waals surface area contributed by atoms with Gasteiger partial charge in [-0.1, -0.05) is 31.2 Å². The van der Waals surface area contributed by atoms with Crippen LogP contribution in [0.3, 0.4) is 0 Å². The van der Waals surface area contributed by atoms with Crippen LogP contribution in [0.25, 0.3) is 0 Å². The maximum Gasteiger partial charge on any atom is 0.329 e. The number of amides is 7. The van der Waals surface area contributed by atoms with E-state index in [1.807, 2.05) is 38.1 Å². The zero-order chi connectivity index (χ0) is 58.2. The summed E-state index contributed by atoms with van der Waals surface area (Å²) in [5.74, 6) is -2.17. The summed E-state index contributed by atoms with van der Waals surface area (Å²) in [5, 5.41) is 7.66. The van der Waals surface area contributed by atoms with E-state index in [0.717, 1.165) is 23.3 Å². The summed E-state index contributed by atoms with van der Waals surface area (Å²) in [4.78, 5) is 108. The summed E-state index contributed by atoms with van der Waals surface area (Å²) in [5.41, 5.74) is 2.17. The molecule has 0 radical (unpaired) electrons. The lowest BCUT2D eigenvalue weighted by Crippen LogP contribution is -2.54. The van der Waals surface area contributed by atoms with Crippen molar-refractivity contribution in [3.05, 3.63) is 101 Å². The fourth-order valence-corrected chi connectivity index (χ4v) is 10.1. The Balaban J connectivity index is 0.897. The van der Waals surface area contributed by atoms with Gasteiger partial charge in [-0.3, -0.25) is 43.8 Å². The van der Waals surface area contributed by atoms with Gasteiger partial charge in [0.2, 0.25) is 23.5 Å². The van der Waals surface area contributed by atoms with Gasteiger partial charge < -0.3 is 58.2 Å². The fraction of sp³-hybridized carbons (Fsp3) is 0.458. The number of rotatable bonds is 28. The lowest BCUT2D eigenvalue weighted by Gasteiger charge is -2.37. The molecule has 2 saturated heterocycles. The van der Waals surface area contributed by atoms with Crippen LogP contribution in [-0.2, 0) is 44.7 Å². The number of fused-ring (bicyclic) bond motifs is 1. The first-order valence-electron chi connectivity index (χ1n) is 27.0. The van der Waals surface area contributed by atoms with Crippen molar-refractivity contribution in [2.45, 2.75) is 102 Å². The molecule has 0 spiro atoms. The van der Waals surface area contributed by atoms with Crippen molar-refractivity contribution in [2.75, 3.05) is 75.0 Å².